The van der Waals surface area contributed by atoms with Gasteiger partial charge in [-0.1, -0.05) is 4.57 Å². The second kappa shape index (κ2) is 2.09. The number of rotatable bonds is 0. The van der Waals surface area contributed by atoms with Gasteiger partial charge in [0.05, 0.1) is 0 Å². The Hall–Kier alpha value is 0.0200. The van der Waals surface area contributed by atoms with Gasteiger partial charge in [-0.25, -0.2) is 0 Å². The Kier molecular flexibility index (Phi) is 1.61. The quantitative estimate of drug-likeness (QED) is 0.456. The van der Waals surface area contributed by atoms with Crippen LogP contribution in [-0.4, -0.2) is 28.3 Å². The maximum absolute atomic E-state index is 10.5. The fraction of sp³-hybridized carbons (Fsp3) is 1.00. The summed E-state index contributed by atoms with van der Waals surface area (Å²) in [5.41, 5.74) is 0. The van der Waals surface area contributed by atoms with Crippen molar-refractivity contribution in [3.63, 3.8) is 0 Å². The van der Waals surface area contributed by atoms with Gasteiger partial charge in [-0.15, -0.1) is 0 Å². The summed E-state index contributed by atoms with van der Waals surface area (Å²) < 4.78 is 10.5. The van der Waals surface area contributed by atoms with E-state index < -0.39 is 19.8 Å². The van der Waals surface area contributed by atoms with Crippen molar-refractivity contribution in [1.29, 1.82) is 0 Å². The van der Waals surface area contributed by atoms with Gasteiger partial charge in [-0.3, -0.25) is 0 Å². The summed E-state index contributed by atoms with van der Waals surface area (Å²) in [6, 6.07) is 0. The Balaban J connectivity index is 2.56. The summed E-state index contributed by atoms with van der Waals surface area (Å²) in [6.07, 6.45) is 0.215. The molecule has 8 heavy (non-hydrogen) atoms. The molecule has 0 aromatic carbocycles. The topological polar surface area (TPSA) is 57.5 Å². The molecule has 2 N–H and O–H groups in total. The van der Waals surface area contributed by atoms with E-state index in [-0.39, 0.29) is 0 Å². The highest BCUT2D eigenvalue weighted by Crippen LogP contribution is 2.37. The van der Waals surface area contributed by atoms with Crippen molar-refractivity contribution in [2.24, 2.45) is 0 Å². The van der Waals surface area contributed by atoms with Crippen LogP contribution in [0.5, 0.6) is 0 Å². The van der Waals surface area contributed by atoms with Crippen molar-refractivity contribution in [1.82, 2.24) is 0 Å². The lowest BCUT2D eigenvalue weighted by Gasteiger charge is -1.94. The van der Waals surface area contributed by atoms with Gasteiger partial charge in [-0.05, 0) is 0 Å². The molecule has 1 aliphatic heterocycles. The molecule has 1 saturated heterocycles. The molecule has 3 nitrogen and oxygen atoms in total. The molecule has 46 valence electrons. The van der Waals surface area contributed by atoms with Crippen LogP contribution in [0.4, 0.5) is 0 Å². The maximum Gasteiger partial charge on any atom is 0.372 e. The first-order chi connectivity index (χ1) is 3.72. The Labute approximate surface area is 48.1 Å². The lowest BCUT2D eigenvalue weighted by molar-refractivity contribution is 0.0771. The zero-order chi connectivity index (χ0) is 6.15. The van der Waals surface area contributed by atoms with Crippen LogP contribution in [0.25, 0.3) is 0 Å². The average Bonchev–Trinajstić information content (AvgIpc) is 1.98. The van der Waals surface area contributed by atoms with Crippen molar-refractivity contribution in [2.45, 2.75) is 18.4 Å². The minimum absolute atomic E-state index is 0.470. The van der Waals surface area contributed by atoms with E-state index in [2.05, 4.69) is 0 Å². The normalized spacial score (nSPS) is 43.0. The molecule has 0 aromatic heterocycles. The van der Waals surface area contributed by atoms with Crippen LogP contribution in [-0.2, 0) is 4.57 Å². The summed E-state index contributed by atoms with van der Waals surface area (Å²) in [6.45, 7) is 0. The third-order valence-electron chi connectivity index (χ3n) is 1.28. The van der Waals surface area contributed by atoms with Gasteiger partial charge < -0.3 is 10.2 Å². The van der Waals surface area contributed by atoms with Crippen LogP contribution >= 0.6 is 7.80 Å². The van der Waals surface area contributed by atoms with Crippen LogP contribution in [0.1, 0.15) is 6.42 Å². The molecule has 0 aromatic rings. The second-order valence-corrected chi connectivity index (χ2v) is 3.72. The number of aliphatic hydroxyl groups excluding tert-OH is 2. The lowest BCUT2D eigenvalue weighted by atomic mass is 10.3. The summed E-state index contributed by atoms with van der Waals surface area (Å²) in [5.74, 6) is -0.954. The molecular weight excluding hydrogens is 127 g/mol. The zero-order valence-electron chi connectivity index (χ0n) is 4.32. The molecule has 0 bridgehead atoms. The molecule has 1 rings (SSSR count). The SMILES string of the molecule is O=[P+]1CCC(O)C1O. The largest absolute Gasteiger partial charge is 0.386 e. The van der Waals surface area contributed by atoms with Crippen molar-refractivity contribution >= 4 is 7.80 Å². The van der Waals surface area contributed by atoms with E-state index in [1.54, 1.807) is 0 Å². The highest BCUT2D eigenvalue weighted by molar-refractivity contribution is 7.45. The lowest BCUT2D eigenvalue weighted by Crippen LogP contribution is -2.15. The molecule has 3 unspecified atom stereocenters. The van der Waals surface area contributed by atoms with Gasteiger partial charge in [0.25, 0.3) is 5.85 Å². The Morgan fingerprint density at radius 1 is 1.50 bits per heavy atom. The van der Waals surface area contributed by atoms with Gasteiger partial charge in [0.2, 0.25) is 0 Å². The van der Waals surface area contributed by atoms with Crippen LogP contribution < -0.4 is 0 Å². The molecule has 1 heterocycles. The predicted octanol–water partition coefficient (Wildman–Crippen LogP) is -0.103. The second-order valence-electron chi connectivity index (χ2n) is 1.91. The van der Waals surface area contributed by atoms with E-state index in [9.17, 15) is 4.57 Å². The van der Waals surface area contributed by atoms with Crippen molar-refractivity contribution in [2.75, 3.05) is 6.16 Å². The molecule has 0 amide bonds. The predicted molar refractivity (Wildman–Crippen MR) is 29.1 cm³/mol. The maximum atomic E-state index is 10.5. The minimum atomic E-state index is -1.51. The standard InChI is InChI=1S/C4H8O3P/c5-3-1-2-8(7)4(3)6/h3-6H,1-2H2/q+1. The number of hydrogen-bond acceptors (Lipinski definition) is 3. The highest BCUT2D eigenvalue weighted by atomic mass is 31.1. The third kappa shape index (κ3) is 0.895. The molecule has 4 heteroatoms. The van der Waals surface area contributed by atoms with Crippen molar-refractivity contribution < 1.29 is 14.8 Å². The van der Waals surface area contributed by atoms with Gasteiger partial charge >= 0.3 is 7.80 Å². The minimum Gasteiger partial charge on any atom is -0.386 e. The van der Waals surface area contributed by atoms with Gasteiger partial charge in [0.15, 0.2) is 6.16 Å². The van der Waals surface area contributed by atoms with Crippen LogP contribution in [0, 0.1) is 0 Å². The molecule has 3 atom stereocenters. The van der Waals surface area contributed by atoms with Crippen LogP contribution in [0.15, 0.2) is 0 Å². The summed E-state index contributed by atoms with van der Waals surface area (Å²) in [4.78, 5) is 0. The first-order valence-corrected chi connectivity index (χ1v) is 4.03. The number of hydrogen-bond donors (Lipinski definition) is 2. The molecule has 0 radical (unpaired) electrons. The van der Waals surface area contributed by atoms with E-state index in [4.69, 9.17) is 10.2 Å². The van der Waals surface area contributed by atoms with Gasteiger partial charge in [0.1, 0.15) is 6.10 Å². The molecule has 1 aliphatic rings. The van der Waals surface area contributed by atoms with E-state index in [1.807, 2.05) is 0 Å². The average molecular weight is 135 g/mol. The zero-order valence-corrected chi connectivity index (χ0v) is 5.21. The Morgan fingerprint density at radius 2 is 2.12 bits per heavy atom. The third-order valence-corrected chi connectivity index (χ3v) is 2.92. The Bertz CT molecular complexity index is 114. The fourth-order valence-electron chi connectivity index (χ4n) is 0.733. The first-order valence-electron chi connectivity index (χ1n) is 2.51. The summed E-state index contributed by atoms with van der Waals surface area (Å²) in [5, 5.41) is 17.5. The Morgan fingerprint density at radius 3 is 2.25 bits per heavy atom. The summed E-state index contributed by atoms with van der Waals surface area (Å²) in [7, 11) is -1.51. The summed E-state index contributed by atoms with van der Waals surface area (Å²) >= 11 is 0. The van der Waals surface area contributed by atoms with E-state index >= 15 is 0 Å². The van der Waals surface area contributed by atoms with Crippen LogP contribution in [0.2, 0.25) is 0 Å². The van der Waals surface area contributed by atoms with Gasteiger partial charge in [0, 0.05) is 6.42 Å². The van der Waals surface area contributed by atoms with Crippen LogP contribution in [0.3, 0.4) is 0 Å². The van der Waals surface area contributed by atoms with E-state index in [0.29, 0.717) is 12.6 Å². The molecular formula is C4H8O3P+. The fourth-order valence-corrected chi connectivity index (χ4v) is 2.05. The van der Waals surface area contributed by atoms with E-state index in [0.717, 1.165) is 0 Å². The molecule has 0 aliphatic carbocycles. The van der Waals surface area contributed by atoms with Crippen molar-refractivity contribution in [3.05, 3.63) is 0 Å². The first kappa shape index (κ1) is 6.14. The van der Waals surface area contributed by atoms with Crippen molar-refractivity contribution in [3.8, 4) is 0 Å². The van der Waals surface area contributed by atoms with E-state index in [1.165, 1.54) is 0 Å². The number of aliphatic hydroxyl groups is 2. The monoisotopic (exact) mass is 135 g/mol. The molecule has 1 fully saturated rings. The molecule has 0 spiro atoms. The van der Waals surface area contributed by atoms with Gasteiger partial charge in [-0.2, -0.15) is 0 Å². The smallest absolute Gasteiger partial charge is 0.372 e. The molecule has 0 saturated carbocycles. The highest BCUT2D eigenvalue weighted by Gasteiger charge is 2.42.